The maximum atomic E-state index is 12.4. The van der Waals surface area contributed by atoms with Crippen molar-refractivity contribution in [3.05, 3.63) is 59.0 Å². The van der Waals surface area contributed by atoms with E-state index in [1.807, 2.05) is 0 Å². The summed E-state index contributed by atoms with van der Waals surface area (Å²) in [5, 5.41) is 0. The van der Waals surface area contributed by atoms with Crippen LogP contribution in [0.5, 0.6) is 0 Å². The van der Waals surface area contributed by atoms with Gasteiger partial charge in [-0.1, -0.05) is 12.1 Å². The van der Waals surface area contributed by atoms with Crippen LogP contribution in [0.15, 0.2) is 41.0 Å². The molecule has 0 saturated heterocycles. The highest BCUT2D eigenvalue weighted by molar-refractivity contribution is 5.33. The highest BCUT2D eigenvalue weighted by Gasteiger charge is 2.30. The fourth-order valence-corrected chi connectivity index (χ4v) is 1.70. The number of hydrogen-bond donors (Lipinski definition) is 1. The number of halogens is 3. The van der Waals surface area contributed by atoms with Crippen LogP contribution < -0.4 is 5.73 Å². The molecule has 0 aliphatic carbocycles. The highest BCUT2D eigenvalue weighted by atomic mass is 19.4. The lowest BCUT2D eigenvalue weighted by molar-refractivity contribution is -0.137. The third kappa shape index (κ3) is 2.56. The molecule has 1 atom stereocenters. The molecule has 1 heterocycles. The maximum Gasteiger partial charge on any atom is 0.416 e. The minimum Gasteiger partial charge on any atom is -0.469 e. The van der Waals surface area contributed by atoms with Crippen LogP contribution in [0.4, 0.5) is 13.2 Å². The van der Waals surface area contributed by atoms with Gasteiger partial charge < -0.3 is 10.2 Å². The molecule has 2 nitrogen and oxygen atoms in total. The standard InChI is InChI=1S/C13H12F3NO/c1-8-6-10(7-18-8)12(17)9-2-4-11(5-3-9)13(14,15)16/h2-7,12H,17H2,1H3. The van der Waals surface area contributed by atoms with Crippen LogP contribution >= 0.6 is 0 Å². The van der Waals surface area contributed by atoms with Crippen molar-refractivity contribution in [2.45, 2.75) is 19.1 Å². The van der Waals surface area contributed by atoms with Gasteiger partial charge in [0.1, 0.15) is 5.76 Å². The van der Waals surface area contributed by atoms with Crippen LogP contribution in [0.3, 0.4) is 0 Å². The second-order valence-corrected chi connectivity index (χ2v) is 4.09. The zero-order valence-corrected chi connectivity index (χ0v) is 9.66. The number of furan rings is 1. The molecule has 2 rings (SSSR count). The summed E-state index contributed by atoms with van der Waals surface area (Å²) in [6, 6.07) is 6.11. The Labute approximate surface area is 102 Å². The molecule has 0 aliphatic heterocycles. The quantitative estimate of drug-likeness (QED) is 0.889. The van der Waals surface area contributed by atoms with Crippen molar-refractivity contribution in [3.8, 4) is 0 Å². The van der Waals surface area contributed by atoms with Gasteiger partial charge in [0.25, 0.3) is 0 Å². The Morgan fingerprint density at radius 2 is 1.72 bits per heavy atom. The third-order valence-corrected chi connectivity index (χ3v) is 2.71. The van der Waals surface area contributed by atoms with Crippen molar-refractivity contribution in [1.82, 2.24) is 0 Å². The van der Waals surface area contributed by atoms with E-state index in [1.54, 1.807) is 13.0 Å². The number of benzene rings is 1. The normalized spacial score (nSPS) is 13.6. The first-order chi connectivity index (χ1) is 8.38. The van der Waals surface area contributed by atoms with Crippen molar-refractivity contribution in [3.63, 3.8) is 0 Å². The second-order valence-electron chi connectivity index (χ2n) is 4.09. The molecular formula is C13H12F3NO. The molecule has 0 aliphatic rings. The average molecular weight is 255 g/mol. The van der Waals surface area contributed by atoms with Crippen molar-refractivity contribution in [1.29, 1.82) is 0 Å². The van der Waals surface area contributed by atoms with Gasteiger partial charge in [0.05, 0.1) is 17.9 Å². The summed E-state index contributed by atoms with van der Waals surface area (Å²) >= 11 is 0. The largest absolute Gasteiger partial charge is 0.469 e. The van der Waals surface area contributed by atoms with E-state index >= 15 is 0 Å². The van der Waals surface area contributed by atoms with Gasteiger partial charge in [-0.05, 0) is 30.7 Å². The monoisotopic (exact) mass is 255 g/mol. The Bertz CT molecular complexity index is 528. The molecule has 1 aromatic carbocycles. The average Bonchev–Trinajstić information content (AvgIpc) is 2.74. The molecule has 0 amide bonds. The molecule has 2 aromatic rings. The molecule has 18 heavy (non-hydrogen) atoms. The van der Waals surface area contributed by atoms with Crippen LogP contribution in [-0.4, -0.2) is 0 Å². The minimum absolute atomic E-state index is 0.482. The molecule has 1 aromatic heterocycles. The van der Waals surface area contributed by atoms with Crippen molar-refractivity contribution < 1.29 is 17.6 Å². The van der Waals surface area contributed by atoms with E-state index in [4.69, 9.17) is 10.2 Å². The summed E-state index contributed by atoms with van der Waals surface area (Å²) in [6.07, 6.45) is -2.81. The van der Waals surface area contributed by atoms with E-state index in [2.05, 4.69) is 0 Å². The Morgan fingerprint density at radius 1 is 1.11 bits per heavy atom. The molecule has 0 saturated carbocycles. The molecule has 1 unspecified atom stereocenters. The SMILES string of the molecule is Cc1cc(C(N)c2ccc(C(F)(F)F)cc2)co1. The van der Waals surface area contributed by atoms with Crippen LogP contribution in [-0.2, 0) is 6.18 Å². The third-order valence-electron chi connectivity index (χ3n) is 2.71. The van der Waals surface area contributed by atoms with Crippen LogP contribution in [0.25, 0.3) is 0 Å². The Kier molecular flexibility index (Phi) is 3.17. The van der Waals surface area contributed by atoms with Crippen molar-refractivity contribution in [2.24, 2.45) is 5.73 Å². The van der Waals surface area contributed by atoms with Gasteiger partial charge in [0, 0.05) is 5.56 Å². The summed E-state index contributed by atoms with van der Waals surface area (Å²) in [5.74, 6) is 0.715. The molecule has 0 spiro atoms. The predicted molar refractivity (Wildman–Crippen MR) is 60.9 cm³/mol. The molecule has 0 bridgehead atoms. The number of aryl methyl sites for hydroxylation is 1. The van der Waals surface area contributed by atoms with E-state index in [-0.39, 0.29) is 0 Å². The summed E-state index contributed by atoms with van der Waals surface area (Å²) in [5.41, 5.74) is 6.63. The first kappa shape index (κ1) is 12.7. The van der Waals surface area contributed by atoms with E-state index in [0.717, 1.165) is 17.7 Å². The number of hydrogen-bond acceptors (Lipinski definition) is 2. The maximum absolute atomic E-state index is 12.4. The second kappa shape index (κ2) is 4.49. The Balaban J connectivity index is 2.24. The lowest BCUT2D eigenvalue weighted by atomic mass is 10.0. The first-order valence-electron chi connectivity index (χ1n) is 5.35. The zero-order valence-electron chi connectivity index (χ0n) is 9.66. The number of rotatable bonds is 2. The fraction of sp³-hybridized carbons (Fsp3) is 0.231. The Hall–Kier alpha value is -1.75. The van der Waals surface area contributed by atoms with Gasteiger partial charge >= 0.3 is 6.18 Å². The number of alkyl halides is 3. The summed E-state index contributed by atoms with van der Waals surface area (Å²) < 4.78 is 42.3. The van der Waals surface area contributed by atoms with Gasteiger partial charge in [0.15, 0.2) is 0 Å². The fourth-order valence-electron chi connectivity index (χ4n) is 1.70. The van der Waals surface area contributed by atoms with Gasteiger partial charge in [-0.2, -0.15) is 13.2 Å². The lowest BCUT2D eigenvalue weighted by Gasteiger charge is -2.12. The van der Waals surface area contributed by atoms with Crippen molar-refractivity contribution in [2.75, 3.05) is 0 Å². The van der Waals surface area contributed by atoms with E-state index in [0.29, 0.717) is 11.3 Å². The summed E-state index contributed by atoms with van der Waals surface area (Å²) in [4.78, 5) is 0. The van der Waals surface area contributed by atoms with E-state index < -0.39 is 17.8 Å². The molecule has 2 N–H and O–H groups in total. The molecular weight excluding hydrogens is 243 g/mol. The van der Waals surface area contributed by atoms with Crippen molar-refractivity contribution >= 4 is 0 Å². The molecule has 0 fully saturated rings. The van der Waals surface area contributed by atoms with Crippen LogP contribution in [0.2, 0.25) is 0 Å². The summed E-state index contributed by atoms with van der Waals surface area (Å²) in [6.45, 7) is 1.78. The number of nitrogens with two attached hydrogens (primary N) is 1. The molecule has 96 valence electrons. The summed E-state index contributed by atoms with van der Waals surface area (Å²) in [7, 11) is 0. The topological polar surface area (TPSA) is 39.2 Å². The van der Waals surface area contributed by atoms with E-state index in [9.17, 15) is 13.2 Å². The van der Waals surface area contributed by atoms with Gasteiger partial charge in [-0.3, -0.25) is 0 Å². The zero-order chi connectivity index (χ0) is 13.3. The minimum atomic E-state index is -4.32. The highest BCUT2D eigenvalue weighted by Crippen LogP contribution is 2.30. The first-order valence-corrected chi connectivity index (χ1v) is 5.35. The van der Waals surface area contributed by atoms with Gasteiger partial charge in [-0.25, -0.2) is 0 Å². The Morgan fingerprint density at radius 3 is 2.17 bits per heavy atom. The van der Waals surface area contributed by atoms with Crippen LogP contribution in [0.1, 0.15) is 28.5 Å². The predicted octanol–water partition coefficient (Wildman–Crippen LogP) is 3.65. The van der Waals surface area contributed by atoms with Gasteiger partial charge in [0.2, 0.25) is 0 Å². The van der Waals surface area contributed by atoms with Crippen LogP contribution in [0, 0.1) is 6.92 Å². The van der Waals surface area contributed by atoms with Gasteiger partial charge in [-0.15, -0.1) is 0 Å². The lowest BCUT2D eigenvalue weighted by Crippen LogP contribution is -2.12. The molecule has 0 radical (unpaired) electrons. The smallest absolute Gasteiger partial charge is 0.416 e. The molecule has 5 heteroatoms. The van der Waals surface area contributed by atoms with E-state index in [1.165, 1.54) is 18.4 Å².